The molecule has 2 amide bonds. The smallest absolute Gasteiger partial charge is 0.338 e. The van der Waals surface area contributed by atoms with Crippen molar-refractivity contribution in [3.8, 4) is 0 Å². The Morgan fingerprint density at radius 3 is 2.21 bits per heavy atom. The topological polar surface area (TPSA) is 110 Å². The number of benzene rings is 2. The van der Waals surface area contributed by atoms with E-state index < -0.39 is 23.9 Å². The van der Waals surface area contributed by atoms with Crippen LogP contribution in [-0.2, 0) is 14.3 Å². The lowest BCUT2D eigenvalue weighted by atomic mass is 10.2. The Balaban J connectivity index is 1.27. The van der Waals surface area contributed by atoms with Gasteiger partial charge in [-0.2, -0.15) is 0 Å². The highest BCUT2D eigenvalue weighted by Crippen LogP contribution is 2.19. The fourth-order valence-electron chi connectivity index (χ4n) is 3.39. The molecule has 1 atom stereocenters. The van der Waals surface area contributed by atoms with Crippen molar-refractivity contribution in [1.29, 1.82) is 0 Å². The summed E-state index contributed by atoms with van der Waals surface area (Å²) in [5.74, 6) is -1.30. The molecule has 2 N–H and O–H groups in total. The molecule has 0 unspecified atom stereocenters. The van der Waals surface area contributed by atoms with Crippen LogP contribution in [0.3, 0.4) is 0 Å². The van der Waals surface area contributed by atoms with E-state index in [1.807, 2.05) is 24.3 Å². The van der Waals surface area contributed by atoms with Gasteiger partial charge in [-0.25, -0.2) is 4.79 Å². The van der Waals surface area contributed by atoms with Crippen LogP contribution in [0.25, 0.3) is 0 Å². The molecule has 1 fully saturated rings. The normalized spacial score (nSPS) is 14.2. The third-order valence-electron chi connectivity index (χ3n) is 5.29. The van der Waals surface area contributed by atoms with Gasteiger partial charge < -0.3 is 29.4 Å². The Hall–Kier alpha value is -4.11. The molecule has 176 valence electrons. The number of furan rings is 1. The molecule has 0 bridgehead atoms. The summed E-state index contributed by atoms with van der Waals surface area (Å²) in [5.41, 5.74) is 2.42. The number of morpholine rings is 1. The predicted molar refractivity (Wildman–Crippen MR) is 126 cm³/mol. The Bertz CT molecular complexity index is 1120. The SMILES string of the molecule is C[C@@H](OC(=O)c1ccc(NC(=O)c2ccco2)cc1)C(=O)Nc1ccc(N2CCOCC2)cc1. The van der Waals surface area contributed by atoms with Crippen molar-refractivity contribution >= 4 is 34.8 Å². The number of ether oxygens (including phenoxy) is 2. The molecule has 9 heteroatoms. The first-order chi connectivity index (χ1) is 16.5. The molecule has 34 heavy (non-hydrogen) atoms. The van der Waals surface area contributed by atoms with Crippen LogP contribution in [0.15, 0.2) is 71.3 Å². The van der Waals surface area contributed by atoms with Gasteiger partial charge in [0, 0.05) is 30.2 Å². The van der Waals surface area contributed by atoms with Gasteiger partial charge in [-0.15, -0.1) is 0 Å². The monoisotopic (exact) mass is 463 g/mol. The van der Waals surface area contributed by atoms with E-state index in [0.29, 0.717) is 24.6 Å². The first-order valence-corrected chi connectivity index (χ1v) is 10.9. The highest BCUT2D eigenvalue weighted by molar-refractivity contribution is 6.02. The van der Waals surface area contributed by atoms with Gasteiger partial charge in [0.2, 0.25) is 0 Å². The lowest BCUT2D eigenvalue weighted by molar-refractivity contribution is -0.123. The van der Waals surface area contributed by atoms with Gasteiger partial charge in [0.15, 0.2) is 11.9 Å². The van der Waals surface area contributed by atoms with E-state index in [1.165, 1.54) is 25.3 Å². The second-order valence-electron chi connectivity index (χ2n) is 7.69. The lowest BCUT2D eigenvalue weighted by Gasteiger charge is -2.28. The largest absolute Gasteiger partial charge is 0.459 e. The Labute approximate surface area is 196 Å². The molecule has 3 aromatic rings. The van der Waals surface area contributed by atoms with E-state index in [9.17, 15) is 14.4 Å². The maximum Gasteiger partial charge on any atom is 0.338 e. The molecule has 0 spiro atoms. The summed E-state index contributed by atoms with van der Waals surface area (Å²) < 4.78 is 15.7. The van der Waals surface area contributed by atoms with Crippen LogP contribution in [0, 0.1) is 0 Å². The van der Waals surface area contributed by atoms with Crippen LogP contribution < -0.4 is 15.5 Å². The zero-order valence-electron chi connectivity index (χ0n) is 18.7. The van der Waals surface area contributed by atoms with Crippen molar-refractivity contribution in [2.45, 2.75) is 13.0 Å². The number of hydrogen-bond donors (Lipinski definition) is 2. The van der Waals surface area contributed by atoms with Crippen molar-refractivity contribution in [2.75, 3.05) is 41.8 Å². The number of anilines is 3. The predicted octanol–water partition coefficient (Wildman–Crippen LogP) is 3.55. The molecular formula is C25H25N3O6. The van der Waals surface area contributed by atoms with E-state index >= 15 is 0 Å². The maximum atomic E-state index is 12.5. The van der Waals surface area contributed by atoms with Crippen molar-refractivity contribution in [3.63, 3.8) is 0 Å². The number of rotatable bonds is 7. The van der Waals surface area contributed by atoms with E-state index in [2.05, 4.69) is 15.5 Å². The molecule has 1 aliphatic rings. The standard InChI is InChI=1S/C25H25N3O6/c1-17(23(29)26-20-8-10-21(11-9-20)28-12-15-32-16-13-28)34-25(31)18-4-6-19(7-5-18)27-24(30)22-3-2-14-33-22/h2-11,14,17H,12-13,15-16H2,1H3,(H,26,29)(H,27,30)/t17-/m1/s1. The number of carbonyl (C=O) groups excluding carboxylic acids is 3. The van der Waals surface area contributed by atoms with Crippen LogP contribution in [0.4, 0.5) is 17.1 Å². The molecule has 2 heterocycles. The molecule has 0 aliphatic carbocycles. The van der Waals surface area contributed by atoms with Gasteiger partial charge in [-0.05, 0) is 67.6 Å². The summed E-state index contributed by atoms with van der Waals surface area (Å²) in [6.45, 7) is 4.56. The van der Waals surface area contributed by atoms with Crippen LogP contribution in [0.1, 0.15) is 27.8 Å². The molecule has 1 aromatic heterocycles. The van der Waals surface area contributed by atoms with E-state index in [1.54, 1.807) is 24.3 Å². The number of hydrogen-bond acceptors (Lipinski definition) is 7. The Kier molecular flexibility index (Phi) is 7.24. The average molecular weight is 463 g/mol. The van der Waals surface area contributed by atoms with Crippen LogP contribution in [0.2, 0.25) is 0 Å². The quantitative estimate of drug-likeness (QED) is 0.516. The molecule has 0 radical (unpaired) electrons. The fraction of sp³-hybridized carbons (Fsp3) is 0.240. The second kappa shape index (κ2) is 10.7. The number of amides is 2. The van der Waals surface area contributed by atoms with Crippen LogP contribution >= 0.6 is 0 Å². The zero-order chi connectivity index (χ0) is 23.9. The lowest BCUT2D eigenvalue weighted by Crippen LogP contribution is -2.36. The van der Waals surface area contributed by atoms with Crippen molar-refractivity contribution in [3.05, 3.63) is 78.3 Å². The average Bonchev–Trinajstić information content (AvgIpc) is 3.41. The van der Waals surface area contributed by atoms with Gasteiger partial charge in [0.25, 0.3) is 11.8 Å². The molecule has 2 aromatic carbocycles. The third kappa shape index (κ3) is 5.81. The molecule has 9 nitrogen and oxygen atoms in total. The Morgan fingerprint density at radius 1 is 0.912 bits per heavy atom. The molecule has 1 saturated heterocycles. The maximum absolute atomic E-state index is 12.5. The van der Waals surface area contributed by atoms with E-state index in [4.69, 9.17) is 13.9 Å². The number of nitrogens with zero attached hydrogens (tertiary/aromatic N) is 1. The summed E-state index contributed by atoms with van der Waals surface area (Å²) in [5, 5.41) is 5.42. The van der Waals surface area contributed by atoms with Gasteiger partial charge in [0.05, 0.1) is 25.0 Å². The Morgan fingerprint density at radius 2 is 1.56 bits per heavy atom. The minimum absolute atomic E-state index is 0.180. The molecule has 0 saturated carbocycles. The third-order valence-corrected chi connectivity index (χ3v) is 5.29. The van der Waals surface area contributed by atoms with E-state index in [-0.39, 0.29) is 11.3 Å². The van der Waals surface area contributed by atoms with E-state index in [0.717, 1.165) is 18.8 Å². The van der Waals surface area contributed by atoms with Crippen molar-refractivity contribution in [1.82, 2.24) is 0 Å². The van der Waals surface area contributed by atoms with Gasteiger partial charge in [-0.3, -0.25) is 9.59 Å². The highest BCUT2D eigenvalue weighted by atomic mass is 16.5. The first kappa shape index (κ1) is 23.1. The molecular weight excluding hydrogens is 438 g/mol. The van der Waals surface area contributed by atoms with Crippen LogP contribution in [-0.4, -0.2) is 50.2 Å². The van der Waals surface area contributed by atoms with Gasteiger partial charge >= 0.3 is 5.97 Å². The summed E-state index contributed by atoms with van der Waals surface area (Å²) in [4.78, 5) is 39.1. The van der Waals surface area contributed by atoms with Gasteiger partial charge in [0.1, 0.15) is 0 Å². The summed E-state index contributed by atoms with van der Waals surface area (Å²) in [7, 11) is 0. The minimum atomic E-state index is -0.996. The highest BCUT2D eigenvalue weighted by Gasteiger charge is 2.20. The summed E-state index contributed by atoms with van der Waals surface area (Å²) >= 11 is 0. The number of esters is 1. The summed E-state index contributed by atoms with van der Waals surface area (Å²) in [6.07, 6.45) is 0.413. The number of carbonyl (C=O) groups is 3. The number of nitrogens with one attached hydrogen (secondary N) is 2. The molecule has 1 aliphatic heterocycles. The minimum Gasteiger partial charge on any atom is -0.459 e. The fourth-order valence-corrected chi connectivity index (χ4v) is 3.39. The molecule has 4 rings (SSSR count). The van der Waals surface area contributed by atoms with Crippen molar-refractivity contribution < 1.29 is 28.3 Å². The second-order valence-corrected chi connectivity index (χ2v) is 7.69. The first-order valence-electron chi connectivity index (χ1n) is 10.9. The van der Waals surface area contributed by atoms with Crippen LogP contribution in [0.5, 0.6) is 0 Å². The van der Waals surface area contributed by atoms with Crippen molar-refractivity contribution in [2.24, 2.45) is 0 Å². The van der Waals surface area contributed by atoms with Gasteiger partial charge in [-0.1, -0.05) is 0 Å². The zero-order valence-corrected chi connectivity index (χ0v) is 18.7. The summed E-state index contributed by atoms with van der Waals surface area (Å²) in [6, 6.07) is 16.8.